The summed E-state index contributed by atoms with van der Waals surface area (Å²) in [5.41, 5.74) is 0.755. The van der Waals surface area contributed by atoms with Gasteiger partial charge < -0.3 is 20.3 Å². The molecule has 0 aromatic heterocycles. The maximum Gasteiger partial charge on any atom is 0.416 e. The van der Waals surface area contributed by atoms with Gasteiger partial charge in [0.1, 0.15) is 18.0 Å². The molecule has 1 amide bonds. The lowest BCUT2D eigenvalue weighted by molar-refractivity contribution is -0.137. The highest BCUT2D eigenvalue weighted by Gasteiger charge is 2.34. The molecule has 1 heterocycles. The molecule has 0 bridgehead atoms. The van der Waals surface area contributed by atoms with Gasteiger partial charge in [-0.25, -0.2) is 8.78 Å². The summed E-state index contributed by atoms with van der Waals surface area (Å²) in [5, 5.41) is 15.9. The molecule has 6 nitrogen and oxygen atoms in total. The fraction of sp³-hybridized carbons (Fsp3) is 0.545. The predicted octanol–water partition coefficient (Wildman–Crippen LogP) is 7.92. The van der Waals surface area contributed by atoms with E-state index in [9.17, 15) is 26.7 Å². The van der Waals surface area contributed by atoms with Crippen LogP contribution >= 0.6 is 11.6 Å². The second kappa shape index (κ2) is 19.4. The molecule has 0 unspecified atom stereocenters. The van der Waals surface area contributed by atoms with Gasteiger partial charge in [0.05, 0.1) is 16.1 Å². The highest BCUT2D eigenvalue weighted by molar-refractivity contribution is 6.31. The Bertz CT molecular complexity index is 1250. The molecule has 2 aromatic carbocycles. The number of benzene rings is 2. The van der Waals surface area contributed by atoms with E-state index in [1.807, 2.05) is 13.8 Å². The Kier molecular flexibility index (Phi) is 17.3. The van der Waals surface area contributed by atoms with Crippen LogP contribution in [0.25, 0.3) is 0 Å². The molecule has 2 aromatic rings. The van der Waals surface area contributed by atoms with Crippen LogP contribution in [0.3, 0.4) is 0 Å². The first-order valence-electron chi connectivity index (χ1n) is 14.9. The molecular formula is C33H44ClF5N2O4. The number of likely N-dealkylation sites (tertiary alicyclic amines) is 1. The number of nitrogens with one attached hydrogen (secondary N) is 1. The summed E-state index contributed by atoms with van der Waals surface area (Å²) in [6.07, 6.45) is 6.15. The first kappa shape index (κ1) is 40.0. The van der Waals surface area contributed by atoms with Crippen LogP contribution in [0.4, 0.5) is 22.0 Å². The van der Waals surface area contributed by atoms with Gasteiger partial charge in [-0.3, -0.25) is 9.69 Å². The second-order valence-electron chi connectivity index (χ2n) is 10.6. The number of piperidine rings is 1. The van der Waals surface area contributed by atoms with E-state index in [-0.39, 0.29) is 5.56 Å². The van der Waals surface area contributed by atoms with Crippen LogP contribution in [0.5, 0.6) is 5.75 Å². The summed E-state index contributed by atoms with van der Waals surface area (Å²) in [4.78, 5) is 14.1. The summed E-state index contributed by atoms with van der Waals surface area (Å²) in [6, 6.07) is 4.22. The standard InChI is InChI=1S/C24H24ClF5N2O2.C4H8.C2H2O.C2H6.CH4O/c1-31-23(33)18-11-17(13-2-3-13)14(8-20(18)26)12-32-6-4-16(5-7-32)34-21-10-15(24(28,29)30)9-19(25)22(21)27;1-4-2-3-4;1-2-3;2*1-2/h8-11,13,16H,2-7,12H2,1H3,(H,31,33);4H,2-3H2,1H3;1,3H;1-2H3;2H,1H3. The van der Waals surface area contributed by atoms with Crippen molar-refractivity contribution in [3.8, 4) is 18.3 Å². The van der Waals surface area contributed by atoms with Gasteiger partial charge in [0, 0.05) is 33.8 Å². The molecule has 45 heavy (non-hydrogen) atoms. The lowest BCUT2D eigenvalue weighted by atomic mass is 9.97. The third kappa shape index (κ3) is 13.1. The van der Waals surface area contributed by atoms with E-state index in [1.54, 1.807) is 6.07 Å². The Hall–Kier alpha value is -3.07. The van der Waals surface area contributed by atoms with Gasteiger partial charge in [0.25, 0.3) is 5.91 Å². The van der Waals surface area contributed by atoms with E-state index in [1.165, 1.54) is 32.1 Å². The van der Waals surface area contributed by atoms with Crippen molar-refractivity contribution in [3.05, 3.63) is 63.2 Å². The number of ether oxygens (including phenoxy) is 1. The maximum absolute atomic E-state index is 14.6. The van der Waals surface area contributed by atoms with E-state index < -0.39 is 46.2 Å². The average molecular weight is 663 g/mol. The minimum absolute atomic E-state index is 0.0297. The van der Waals surface area contributed by atoms with Gasteiger partial charge in [-0.1, -0.05) is 51.6 Å². The number of carbonyl (C=O) groups excluding carboxylic acids is 1. The van der Waals surface area contributed by atoms with E-state index >= 15 is 0 Å². The fourth-order valence-corrected chi connectivity index (χ4v) is 4.65. The van der Waals surface area contributed by atoms with Crippen molar-refractivity contribution in [2.45, 2.75) is 84.0 Å². The van der Waals surface area contributed by atoms with Gasteiger partial charge in [-0.05, 0) is 72.9 Å². The number of terminal acetylenes is 1. The van der Waals surface area contributed by atoms with Gasteiger partial charge in [-0.2, -0.15) is 13.2 Å². The summed E-state index contributed by atoms with van der Waals surface area (Å²) >= 11 is 5.64. The molecule has 2 aliphatic carbocycles. The monoisotopic (exact) mass is 662 g/mol. The summed E-state index contributed by atoms with van der Waals surface area (Å²) in [5.74, 6) is -1.17. The lowest BCUT2D eigenvalue weighted by Crippen LogP contribution is -2.38. The van der Waals surface area contributed by atoms with Crippen molar-refractivity contribution >= 4 is 17.5 Å². The van der Waals surface area contributed by atoms with E-state index in [2.05, 4.69) is 23.6 Å². The fourth-order valence-electron chi connectivity index (χ4n) is 4.44. The number of hydrogen-bond acceptors (Lipinski definition) is 5. The SMILES string of the molecule is C#CO.CC.CC1CC1.CNC(=O)c1cc(C2CC2)c(CN2CCC(Oc3cc(C(F)(F)F)cc(Cl)c3F)CC2)cc1F.CO. The number of hydrogen-bond donors (Lipinski definition) is 3. The van der Waals surface area contributed by atoms with E-state index in [0.29, 0.717) is 50.5 Å². The summed E-state index contributed by atoms with van der Waals surface area (Å²) in [7, 11) is 2.46. The Morgan fingerprint density at radius 1 is 1.07 bits per heavy atom. The smallest absolute Gasteiger partial charge is 0.416 e. The Balaban J connectivity index is 0.000000800. The topological polar surface area (TPSA) is 82.0 Å². The van der Waals surface area contributed by atoms with Crippen LogP contribution in [-0.2, 0) is 12.7 Å². The highest BCUT2D eigenvalue weighted by Crippen LogP contribution is 2.43. The van der Waals surface area contributed by atoms with Crippen LogP contribution < -0.4 is 10.1 Å². The molecule has 0 atom stereocenters. The van der Waals surface area contributed by atoms with Crippen molar-refractivity contribution in [1.29, 1.82) is 0 Å². The largest absolute Gasteiger partial charge is 0.487 e. The number of aliphatic hydroxyl groups is 2. The molecule has 0 spiro atoms. The minimum Gasteiger partial charge on any atom is -0.487 e. The number of aliphatic hydroxyl groups excluding tert-OH is 2. The molecule has 5 rings (SSSR count). The van der Waals surface area contributed by atoms with Gasteiger partial charge in [-0.15, -0.1) is 0 Å². The quantitative estimate of drug-likeness (QED) is 0.216. The van der Waals surface area contributed by atoms with Crippen LogP contribution in [0.15, 0.2) is 24.3 Å². The molecule has 1 saturated heterocycles. The molecule has 1 aliphatic heterocycles. The van der Waals surface area contributed by atoms with Gasteiger partial charge >= 0.3 is 6.18 Å². The lowest BCUT2D eigenvalue weighted by Gasteiger charge is -2.33. The molecule has 2 saturated carbocycles. The van der Waals surface area contributed by atoms with Crippen molar-refractivity contribution < 1.29 is 41.7 Å². The first-order chi connectivity index (χ1) is 21.4. The normalized spacial score (nSPS) is 16.1. The zero-order chi connectivity index (χ0) is 34.3. The molecule has 3 aliphatic rings. The van der Waals surface area contributed by atoms with Crippen molar-refractivity contribution in [2.24, 2.45) is 5.92 Å². The first-order valence-corrected chi connectivity index (χ1v) is 15.3. The van der Waals surface area contributed by atoms with Crippen LogP contribution in [0, 0.1) is 30.1 Å². The third-order valence-electron chi connectivity index (χ3n) is 7.13. The van der Waals surface area contributed by atoms with Crippen LogP contribution in [-0.4, -0.2) is 54.4 Å². The summed E-state index contributed by atoms with van der Waals surface area (Å²) in [6.45, 7) is 7.84. The van der Waals surface area contributed by atoms with Crippen LogP contribution in [0.1, 0.15) is 92.3 Å². The van der Waals surface area contributed by atoms with E-state index in [4.69, 9.17) is 26.6 Å². The van der Waals surface area contributed by atoms with Crippen molar-refractivity contribution in [1.82, 2.24) is 10.2 Å². The molecular weight excluding hydrogens is 619 g/mol. The minimum atomic E-state index is -4.67. The summed E-state index contributed by atoms with van der Waals surface area (Å²) < 4.78 is 73.5. The Morgan fingerprint density at radius 3 is 2.04 bits per heavy atom. The average Bonchev–Trinajstić information content (AvgIpc) is 3.96. The number of alkyl halides is 3. The molecule has 3 N–H and O–H groups in total. The molecule has 3 fully saturated rings. The van der Waals surface area contributed by atoms with Gasteiger partial charge in [0.15, 0.2) is 11.6 Å². The molecule has 0 radical (unpaired) electrons. The predicted molar refractivity (Wildman–Crippen MR) is 166 cm³/mol. The van der Waals surface area contributed by atoms with Crippen molar-refractivity contribution in [2.75, 3.05) is 27.2 Å². The van der Waals surface area contributed by atoms with Crippen molar-refractivity contribution in [3.63, 3.8) is 0 Å². The third-order valence-corrected chi connectivity index (χ3v) is 7.40. The number of carbonyl (C=O) groups is 1. The molecule has 252 valence electrons. The Morgan fingerprint density at radius 2 is 1.60 bits per heavy atom. The maximum atomic E-state index is 14.6. The zero-order valence-electron chi connectivity index (χ0n) is 26.4. The second-order valence-corrected chi connectivity index (χ2v) is 11.0. The van der Waals surface area contributed by atoms with Crippen LogP contribution in [0.2, 0.25) is 5.02 Å². The Labute approximate surface area is 267 Å². The van der Waals surface area contributed by atoms with Gasteiger partial charge in [0.2, 0.25) is 0 Å². The number of halogens is 6. The zero-order valence-corrected chi connectivity index (χ0v) is 27.2. The molecule has 12 heteroatoms. The van der Waals surface area contributed by atoms with E-state index in [0.717, 1.165) is 37.0 Å². The highest BCUT2D eigenvalue weighted by atomic mass is 35.5. The number of amides is 1. The number of nitrogens with zero attached hydrogens (tertiary/aromatic N) is 1. The number of rotatable bonds is 6.